The first kappa shape index (κ1) is 14.6. The fraction of sp³-hybridized carbons (Fsp3) is 0.929. The van der Waals surface area contributed by atoms with Crippen LogP contribution in [0.5, 0.6) is 0 Å². The van der Waals surface area contributed by atoms with Crippen molar-refractivity contribution < 1.29 is 19.0 Å². The van der Waals surface area contributed by atoms with Crippen LogP contribution >= 0.6 is 0 Å². The Morgan fingerprint density at radius 3 is 2.58 bits per heavy atom. The fourth-order valence-corrected chi connectivity index (χ4v) is 2.72. The van der Waals surface area contributed by atoms with E-state index < -0.39 is 5.60 Å². The Morgan fingerprint density at radius 2 is 1.95 bits per heavy atom. The minimum atomic E-state index is -0.453. The van der Waals surface area contributed by atoms with Gasteiger partial charge in [0.2, 0.25) is 0 Å². The minimum Gasteiger partial charge on any atom is -0.444 e. The van der Waals surface area contributed by atoms with Crippen LogP contribution in [-0.4, -0.2) is 43.2 Å². The summed E-state index contributed by atoms with van der Waals surface area (Å²) in [6.07, 6.45) is 3.21. The Morgan fingerprint density at radius 1 is 1.26 bits per heavy atom. The number of ether oxygens (including phenoxy) is 3. The maximum absolute atomic E-state index is 11.8. The lowest BCUT2D eigenvalue weighted by Crippen LogP contribution is -2.51. The topological polar surface area (TPSA) is 56.8 Å². The summed E-state index contributed by atoms with van der Waals surface area (Å²) in [7, 11) is 0. The molecule has 1 unspecified atom stereocenters. The normalized spacial score (nSPS) is 27.0. The first-order chi connectivity index (χ1) is 8.89. The number of rotatable bonds is 1. The fourth-order valence-electron chi connectivity index (χ4n) is 2.72. The summed E-state index contributed by atoms with van der Waals surface area (Å²) in [6.45, 7) is 7.81. The third-order valence-electron chi connectivity index (χ3n) is 3.62. The van der Waals surface area contributed by atoms with Crippen molar-refractivity contribution in [2.45, 2.75) is 63.7 Å². The molecule has 0 aromatic carbocycles. The molecule has 1 atom stereocenters. The van der Waals surface area contributed by atoms with Crippen LogP contribution in [0, 0.1) is 0 Å². The molecule has 2 fully saturated rings. The lowest BCUT2D eigenvalue weighted by Gasteiger charge is -2.43. The van der Waals surface area contributed by atoms with E-state index in [2.05, 4.69) is 5.32 Å². The van der Waals surface area contributed by atoms with Gasteiger partial charge in [0, 0.05) is 25.9 Å². The molecule has 0 saturated carbocycles. The molecule has 0 aromatic rings. The van der Waals surface area contributed by atoms with Gasteiger partial charge in [-0.05, 0) is 46.5 Å². The lowest BCUT2D eigenvalue weighted by atomic mass is 9.84. The minimum absolute atomic E-state index is 0.101. The van der Waals surface area contributed by atoms with Crippen molar-refractivity contribution in [2.24, 2.45) is 0 Å². The van der Waals surface area contributed by atoms with E-state index in [9.17, 15) is 4.79 Å². The van der Waals surface area contributed by atoms with E-state index in [1.54, 1.807) is 0 Å². The molecule has 19 heavy (non-hydrogen) atoms. The number of nitrogens with one attached hydrogen (secondary N) is 1. The second kappa shape index (κ2) is 5.67. The van der Waals surface area contributed by atoms with Crippen LogP contribution in [0.3, 0.4) is 0 Å². The first-order valence-electron chi connectivity index (χ1n) is 7.10. The second-order valence-corrected chi connectivity index (χ2v) is 6.48. The summed E-state index contributed by atoms with van der Waals surface area (Å²) in [5.41, 5.74) is -0.554. The SMILES string of the molecule is CC(C)(C)OC(=O)NC1CCOC2(CCOCC2)C1. The molecule has 0 radical (unpaired) electrons. The molecular formula is C14H25NO4. The Bertz CT molecular complexity index is 312. The molecule has 2 aliphatic heterocycles. The van der Waals surface area contributed by atoms with Crippen molar-refractivity contribution >= 4 is 6.09 Å². The molecule has 2 aliphatic rings. The van der Waals surface area contributed by atoms with Gasteiger partial charge in [0.1, 0.15) is 5.60 Å². The van der Waals surface area contributed by atoms with Gasteiger partial charge in [0.05, 0.1) is 5.60 Å². The van der Waals surface area contributed by atoms with Crippen molar-refractivity contribution in [3.63, 3.8) is 0 Å². The second-order valence-electron chi connectivity index (χ2n) is 6.48. The van der Waals surface area contributed by atoms with Gasteiger partial charge >= 0.3 is 6.09 Å². The molecule has 0 aromatic heterocycles. The van der Waals surface area contributed by atoms with Crippen LogP contribution in [-0.2, 0) is 14.2 Å². The predicted molar refractivity (Wildman–Crippen MR) is 71.1 cm³/mol. The van der Waals surface area contributed by atoms with Crippen LogP contribution in [0.25, 0.3) is 0 Å². The predicted octanol–water partition coefficient (Wildman–Crippen LogP) is 2.24. The van der Waals surface area contributed by atoms with Crippen molar-refractivity contribution in [3.8, 4) is 0 Å². The monoisotopic (exact) mass is 271 g/mol. The maximum atomic E-state index is 11.8. The summed E-state index contributed by atoms with van der Waals surface area (Å²) in [5.74, 6) is 0. The quantitative estimate of drug-likeness (QED) is 0.794. The standard InChI is InChI=1S/C14H25NO4/c1-13(2,3)19-12(16)15-11-4-7-18-14(10-11)5-8-17-9-6-14/h11H,4-10H2,1-3H3,(H,15,16). The lowest BCUT2D eigenvalue weighted by molar-refractivity contribution is -0.139. The van der Waals surface area contributed by atoms with Crippen LogP contribution in [0.15, 0.2) is 0 Å². The maximum Gasteiger partial charge on any atom is 0.407 e. The summed E-state index contributed by atoms with van der Waals surface area (Å²) in [6, 6.07) is 0.140. The van der Waals surface area contributed by atoms with E-state index in [1.165, 1.54) is 0 Å². The third-order valence-corrected chi connectivity index (χ3v) is 3.62. The molecule has 2 saturated heterocycles. The van der Waals surface area contributed by atoms with Gasteiger partial charge in [-0.1, -0.05) is 0 Å². The summed E-state index contributed by atoms with van der Waals surface area (Å²) in [4.78, 5) is 11.8. The van der Waals surface area contributed by atoms with Crippen molar-refractivity contribution in [1.29, 1.82) is 0 Å². The number of hydrogen-bond acceptors (Lipinski definition) is 4. The zero-order valence-electron chi connectivity index (χ0n) is 12.2. The Kier molecular flexibility index (Phi) is 4.36. The number of alkyl carbamates (subject to hydrolysis) is 1. The average Bonchev–Trinajstić information content (AvgIpc) is 2.27. The highest BCUT2D eigenvalue weighted by molar-refractivity contribution is 5.68. The van der Waals surface area contributed by atoms with Crippen molar-refractivity contribution in [2.75, 3.05) is 19.8 Å². The van der Waals surface area contributed by atoms with Gasteiger partial charge in [-0.2, -0.15) is 0 Å². The average molecular weight is 271 g/mol. The summed E-state index contributed by atoms with van der Waals surface area (Å²) in [5, 5.41) is 2.97. The number of amides is 1. The smallest absolute Gasteiger partial charge is 0.407 e. The molecule has 0 aliphatic carbocycles. The Balaban J connectivity index is 1.85. The highest BCUT2D eigenvalue weighted by Gasteiger charge is 2.39. The van der Waals surface area contributed by atoms with Gasteiger partial charge in [0.25, 0.3) is 0 Å². The van der Waals surface area contributed by atoms with Gasteiger partial charge in [0.15, 0.2) is 0 Å². The molecule has 0 bridgehead atoms. The van der Waals surface area contributed by atoms with Crippen LogP contribution < -0.4 is 5.32 Å². The van der Waals surface area contributed by atoms with E-state index in [-0.39, 0.29) is 17.7 Å². The summed E-state index contributed by atoms with van der Waals surface area (Å²) >= 11 is 0. The first-order valence-corrected chi connectivity index (χ1v) is 7.10. The molecule has 1 spiro atoms. The van der Waals surface area contributed by atoms with Crippen LogP contribution in [0.4, 0.5) is 4.79 Å². The highest BCUT2D eigenvalue weighted by atomic mass is 16.6. The van der Waals surface area contributed by atoms with Crippen molar-refractivity contribution in [1.82, 2.24) is 5.32 Å². The zero-order chi connectivity index (χ0) is 13.9. The molecule has 5 heteroatoms. The summed E-state index contributed by atoms with van der Waals surface area (Å²) < 4.78 is 16.6. The Labute approximate surface area is 115 Å². The Hall–Kier alpha value is -0.810. The zero-order valence-corrected chi connectivity index (χ0v) is 12.2. The van der Waals surface area contributed by atoms with Crippen LogP contribution in [0.1, 0.15) is 46.5 Å². The van der Waals surface area contributed by atoms with Gasteiger partial charge in [-0.15, -0.1) is 0 Å². The molecule has 1 N–H and O–H groups in total. The van der Waals surface area contributed by atoms with E-state index in [0.29, 0.717) is 6.61 Å². The molecule has 1 amide bonds. The molecule has 5 nitrogen and oxygen atoms in total. The highest BCUT2D eigenvalue weighted by Crippen LogP contribution is 2.34. The van der Waals surface area contributed by atoms with E-state index in [4.69, 9.17) is 14.2 Å². The molecule has 2 heterocycles. The number of carbonyl (C=O) groups is 1. The van der Waals surface area contributed by atoms with Crippen molar-refractivity contribution in [3.05, 3.63) is 0 Å². The third kappa shape index (κ3) is 4.35. The molecule has 2 rings (SSSR count). The molecular weight excluding hydrogens is 246 g/mol. The van der Waals surface area contributed by atoms with E-state index in [0.717, 1.165) is 38.9 Å². The van der Waals surface area contributed by atoms with Crippen LogP contribution in [0.2, 0.25) is 0 Å². The largest absolute Gasteiger partial charge is 0.444 e. The van der Waals surface area contributed by atoms with Gasteiger partial charge < -0.3 is 19.5 Å². The number of hydrogen-bond donors (Lipinski definition) is 1. The number of carbonyl (C=O) groups excluding carboxylic acids is 1. The van der Waals surface area contributed by atoms with Gasteiger partial charge in [-0.25, -0.2) is 4.79 Å². The van der Waals surface area contributed by atoms with Gasteiger partial charge in [-0.3, -0.25) is 0 Å². The van der Waals surface area contributed by atoms with E-state index >= 15 is 0 Å². The van der Waals surface area contributed by atoms with E-state index in [1.807, 2.05) is 20.8 Å². The molecule has 110 valence electrons.